The van der Waals surface area contributed by atoms with E-state index in [1.807, 2.05) is 20.0 Å². The molecule has 0 amide bonds. The third-order valence-electron chi connectivity index (χ3n) is 14.5. The molecule has 1 unspecified atom stereocenters. The van der Waals surface area contributed by atoms with Crippen molar-refractivity contribution in [2.45, 2.75) is 74.6 Å². The number of phenolic OH excluding ortho intramolecular Hbond substituents is 1. The molecule has 5 aromatic rings. The van der Waals surface area contributed by atoms with Crippen molar-refractivity contribution in [3.05, 3.63) is 109 Å². The fraction of sp³-hybridized carbons (Fsp3) is 0.380. The van der Waals surface area contributed by atoms with Gasteiger partial charge in [-0.05, 0) is 80.3 Å². The summed E-state index contributed by atoms with van der Waals surface area (Å²) in [7, 11) is 4.89. The number of fused-ring (bicyclic) bond motifs is 10. The number of aryl methyl sites for hydroxylation is 1. The fourth-order valence-corrected chi connectivity index (χ4v) is 13.3. The first-order valence-corrected chi connectivity index (χ1v) is 23.3. The van der Waals surface area contributed by atoms with Gasteiger partial charge in [-0.1, -0.05) is 24.3 Å². The molecule has 2 fully saturated rings. The molecule has 8 heterocycles. The summed E-state index contributed by atoms with van der Waals surface area (Å²) < 4.78 is 47.9. The van der Waals surface area contributed by atoms with Crippen LogP contribution >= 0.6 is 11.8 Å². The number of phenols is 1. The molecule has 2 N–H and O–H groups in total. The molecule has 4 bridgehead atoms. The lowest BCUT2D eigenvalue weighted by molar-refractivity contribution is -0.157. The topological polar surface area (TPSA) is 209 Å². The molecule has 7 aliphatic rings. The van der Waals surface area contributed by atoms with Gasteiger partial charge in [-0.2, -0.15) is 5.26 Å². The molecule has 1 spiro atoms. The molecule has 17 nitrogen and oxygen atoms in total. The summed E-state index contributed by atoms with van der Waals surface area (Å²) in [4.78, 5) is 59.2. The zero-order chi connectivity index (χ0) is 47.5. The van der Waals surface area contributed by atoms with Crippen LogP contribution in [0.5, 0.6) is 40.2 Å². The van der Waals surface area contributed by atoms with E-state index >= 15 is 4.79 Å². The van der Waals surface area contributed by atoms with Crippen LogP contribution in [0.3, 0.4) is 0 Å². The number of carbonyl (C=O) groups is 3. The van der Waals surface area contributed by atoms with Gasteiger partial charge in [-0.3, -0.25) is 19.9 Å². The number of nitrogens with zero attached hydrogens (tertiary/aromatic N) is 3. The first-order chi connectivity index (χ1) is 32.8. The van der Waals surface area contributed by atoms with Gasteiger partial charge in [-0.15, -0.1) is 11.8 Å². The number of likely N-dealkylation sites (N-methyl/N-ethyl adjacent to an activating group) is 1. The van der Waals surface area contributed by atoms with Crippen LogP contribution in [0.2, 0.25) is 0 Å². The molecule has 7 atom stereocenters. The number of rotatable bonds is 5. The van der Waals surface area contributed by atoms with E-state index in [0.717, 1.165) is 11.1 Å². The second-order valence-electron chi connectivity index (χ2n) is 17.9. The average Bonchev–Trinajstić information content (AvgIpc) is 3.81. The minimum absolute atomic E-state index is 0.00397. The Morgan fingerprint density at radius 2 is 1.75 bits per heavy atom. The van der Waals surface area contributed by atoms with Crippen LogP contribution in [0, 0.1) is 25.2 Å². The molecule has 0 saturated carbocycles. The second-order valence-corrected chi connectivity index (χ2v) is 19.1. The number of piperazine rings is 1. The Morgan fingerprint density at radius 1 is 0.956 bits per heavy atom. The van der Waals surface area contributed by atoms with E-state index in [9.17, 15) is 24.8 Å². The molecule has 0 radical (unpaired) electrons. The van der Waals surface area contributed by atoms with Gasteiger partial charge in [0.2, 0.25) is 6.79 Å². The van der Waals surface area contributed by atoms with E-state index in [1.165, 1.54) is 39.0 Å². The lowest BCUT2D eigenvalue weighted by atomic mass is 9.71. The minimum atomic E-state index is -1.52. The minimum Gasteiger partial charge on any atom is -0.504 e. The van der Waals surface area contributed by atoms with Gasteiger partial charge in [0.1, 0.15) is 29.5 Å². The zero-order valence-electron chi connectivity index (χ0n) is 37.9. The quantitative estimate of drug-likeness (QED) is 0.125. The number of esters is 3. The lowest BCUT2D eigenvalue weighted by Gasteiger charge is -2.62. The maximum Gasteiger partial charge on any atom is 0.351 e. The molecule has 12 rings (SSSR count). The smallest absolute Gasteiger partial charge is 0.351 e. The maximum absolute atomic E-state index is 15.2. The Kier molecular flexibility index (Phi) is 10.4. The third-order valence-corrected chi connectivity index (χ3v) is 16.0. The van der Waals surface area contributed by atoms with Crippen molar-refractivity contribution < 1.29 is 57.1 Å². The number of ether oxygens (including phenoxy) is 7. The molecule has 4 aromatic carbocycles. The van der Waals surface area contributed by atoms with Crippen molar-refractivity contribution >= 4 is 40.6 Å². The Hall–Kier alpha value is -6.78. The van der Waals surface area contributed by atoms with Crippen LogP contribution in [0.1, 0.15) is 79.1 Å². The van der Waals surface area contributed by atoms with Crippen molar-refractivity contribution in [3.8, 4) is 46.3 Å². The summed E-state index contributed by atoms with van der Waals surface area (Å²) in [6.45, 7) is 4.98. The number of hydrogen-bond donors (Lipinski definition) is 2. The molecule has 2 saturated heterocycles. The standard InChI is InChI=1S/C50H46N4O13S/c1-22-13-27-15-30-31(18-51)54-32-19-62-49(59)50(29-17-34(60-5)35(16-25(29)11-12-52-50)67-48(58)28-14-26-9-7-8-10-33(26)66-47(28)57)20-68-46(40(54)39(53(30)4)36(27)41(56)42(22)61-6)38-37(32)45-44(63-21-64-45)23(2)43(38)65-24(3)55/h7-10,13-14,16-17,30-32,39-40,46,52,56H,11-12,15,19-21H2,1-6H3/t30-,31-,32-,39+,40?,46+,50+/m0/s1. The molecular weight excluding hydrogens is 897 g/mol. The number of carbonyl (C=O) groups excluding carboxylic acids is 3. The number of methoxy groups -OCH3 is 2. The van der Waals surface area contributed by atoms with Gasteiger partial charge in [-0.25, -0.2) is 14.4 Å². The van der Waals surface area contributed by atoms with Gasteiger partial charge in [0.25, 0.3) is 0 Å². The van der Waals surface area contributed by atoms with Crippen LogP contribution < -0.4 is 39.4 Å². The van der Waals surface area contributed by atoms with Gasteiger partial charge in [0, 0.05) is 58.9 Å². The van der Waals surface area contributed by atoms with Crippen LogP contribution in [0.4, 0.5) is 0 Å². The van der Waals surface area contributed by atoms with Crippen molar-refractivity contribution in [2.75, 3.05) is 47.0 Å². The highest BCUT2D eigenvalue weighted by atomic mass is 32.2. The highest BCUT2D eigenvalue weighted by Crippen LogP contribution is 2.64. The van der Waals surface area contributed by atoms with Crippen LogP contribution in [-0.4, -0.2) is 97.9 Å². The van der Waals surface area contributed by atoms with Gasteiger partial charge in [0.05, 0.1) is 37.6 Å². The van der Waals surface area contributed by atoms with Crippen LogP contribution in [0.15, 0.2) is 57.7 Å². The van der Waals surface area contributed by atoms with Crippen molar-refractivity contribution in [1.29, 1.82) is 5.26 Å². The fourth-order valence-electron chi connectivity index (χ4n) is 11.6. The molecule has 350 valence electrons. The number of hydrogen-bond acceptors (Lipinski definition) is 18. The summed E-state index contributed by atoms with van der Waals surface area (Å²) in [5.41, 5.74) is 2.92. The summed E-state index contributed by atoms with van der Waals surface area (Å²) in [6, 6.07) is 13.1. The summed E-state index contributed by atoms with van der Waals surface area (Å²) in [6.07, 6.45) is 0.865. The number of thioether (sulfide) groups is 1. The third kappa shape index (κ3) is 6.32. The number of nitriles is 1. The summed E-state index contributed by atoms with van der Waals surface area (Å²) in [5.74, 6) is -0.457. The number of nitrogens with one attached hydrogen (secondary N) is 1. The predicted octanol–water partition coefficient (Wildman–Crippen LogP) is 5.61. The van der Waals surface area contributed by atoms with Crippen molar-refractivity contribution in [1.82, 2.24) is 15.1 Å². The predicted molar refractivity (Wildman–Crippen MR) is 244 cm³/mol. The van der Waals surface area contributed by atoms with Crippen LogP contribution in [-0.2, 0) is 32.7 Å². The normalized spacial score (nSPS) is 25.6. The number of para-hydroxylation sites is 1. The lowest BCUT2D eigenvalue weighted by Crippen LogP contribution is -2.69. The molecule has 68 heavy (non-hydrogen) atoms. The Morgan fingerprint density at radius 3 is 2.51 bits per heavy atom. The number of benzene rings is 4. The molecule has 7 aliphatic heterocycles. The Bertz CT molecular complexity index is 3130. The summed E-state index contributed by atoms with van der Waals surface area (Å²) in [5, 5.41) is 26.9. The maximum atomic E-state index is 15.2. The molecule has 18 heteroatoms. The number of aromatic hydroxyl groups is 1. The molecule has 0 aliphatic carbocycles. The van der Waals surface area contributed by atoms with Crippen LogP contribution in [0.25, 0.3) is 11.0 Å². The first-order valence-electron chi connectivity index (χ1n) is 22.2. The van der Waals surface area contributed by atoms with E-state index < -0.39 is 58.5 Å². The van der Waals surface area contributed by atoms with E-state index in [4.69, 9.17) is 37.6 Å². The van der Waals surface area contributed by atoms with Gasteiger partial charge >= 0.3 is 23.5 Å². The Balaban J connectivity index is 1.08. The van der Waals surface area contributed by atoms with E-state index in [2.05, 4.69) is 21.2 Å². The van der Waals surface area contributed by atoms with E-state index in [0.29, 0.717) is 81.0 Å². The van der Waals surface area contributed by atoms with Gasteiger partial charge in [0.15, 0.2) is 40.0 Å². The zero-order valence-corrected chi connectivity index (χ0v) is 38.7. The highest BCUT2D eigenvalue weighted by Gasteiger charge is 2.62. The molecule has 1 aromatic heterocycles. The van der Waals surface area contributed by atoms with Gasteiger partial charge < -0.3 is 42.7 Å². The van der Waals surface area contributed by atoms with E-state index in [1.54, 1.807) is 43.3 Å². The highest BCUT2D eigenvalue weighted by molar-refractivity contribution is 7.99. The average molecular weight is 943 g/mol. The second kappa shape index (κ2) is 16.2. The van der Waals surface area contributed by atoms with E-state index in [-0.39, 0.29) is 53.8 Å². The first kappa shape index (κ1) is 43.8. The molecular formula is C50H46N4O13S. The van der Waals surface area contributed by atoms with Crippen molar-refractivity contribution in [3.63, 3.8) is 0 Å². The Labute approximate surface area is 393 Å². The van der Waals surface area contributed by atoms with Crippen molar-refractivity contribution in [2.24, 2.45) is 0 Å². The monoisotopic (exact) mass is 942 g/mol. The largest absolute Gasteiger partial charge is 0.504 e. The SMILES string of the molecule is COc1cc2c(cc1OC(=O)c1cc3ccccc3oc1=O)CCN[C@]21CS[C@@H]2c3c(OC(C)=O)c(C)c4c(c3[C@H](COC1=O)N1C2[C@H]2c3c(cc(C)c(OC)c3O)C[C@@H]([C@@H]1C#N)N2C)OCO4. The summed E-state index contributed by atoms with van der Waals surface area (Å²) >= 11 is 1.42.